The van der Waals surface area contributed by atoms with E-state index in [9.17, 15) is 0 Å². The molecule has 0 saturated heterocycles. The van der Waals surface area contributed by atoms with Crippen molar-refractivity contribution in [1.29, 1.82) is 0 Å². The Morgan fingerprint density at radius 2 is 2.14 bits per heavy atom. The third-order valence-electron chi connectivity index (χ3n) is 3.04. The van der Waals surface area contributed by atoms with Gasteiger partial charge in [-0.15, -0.1) is 0 Å². The molecule has 76 valence electrons. The number of rotatable bonds is 2. The fraction of sp³-hybridized carbons (Fsp3) is 0.636. The van der Waals surface area contributed by atoms with Crippen molar-refractivity contribution in [3.63, 3.8) is 0 Å². The maximum absolute atomic E-state index is 5.91. The number of hydrogen-bond acceptors (Lipinski definition) is 3. The van der Waals surface area contributed by atoms with Gasteiger partial charge in [0.05, 0.1) is 0 Å². The second-order valence-corrected chi connectivity index (χ2v) is 4.06. The number of aryl methyl sites for hydroxylation is 1. The minimum atomic E-state index is 0.420. The molecular weight excluding hydrogens is 174 g/mol. The molecule has 1 unspecified atom stereocenters. The van der Waals surface area contributed by atoms with Crippen LogP contribution in [0.3, 0.4) is 0 Å². The third-order valence-corrected chi connectivity index (χ3v) is 3.04. The highest BCUT2D eigenvalue weighted by Gasteiger charge is 2.19. The largest absolute Gasteiger partial charge is 0.383 e. The van der Waals surface area contributed by atoms with Crippen molar-refractivity contribution in [3.05, 3.63) is 17.1 Å². The molecule has 0 bridgehead atoms. The van der Waals surface area contributed by atoms with Gasteiger partial charge in [0.25, 0.3) is 0 Å². The van der Waals surface area contributed by atoms with E-state index in [0.29, 0.717) is 11.7 Å². The van der Waals surface area contributed by atoms with Gasteiger partial charge in [-0.05, 0) is 25.7 Å². The average Bonchev–Trinajstić information content (AvgIpc) is 2.64. The van der Waals surface area contributed by atoms with Crippen LogP contribution in [0.1, 0.15) is 49.7 Å². The van der Waals surface area contributed by atoms with Gasteiger partial charge >= 0.3 is 0 Å². The first kappa shape index (κ1) is 9.44. The van der Waals surface area contributed by atoms with Crippen LogP contribution in [0.2, 0.25) is 0 Å². The summed E-state index contributed by atoms with van der Waals surface area (Å²) in [5, 5.41) is 0. The molecular formula is C11H17N3. The molecule has 3 nitrogen and oxygen atoms in total. The Morgan fingerprint density at radius 3 is 2.86 bits per heavy atom. The number of nitrogen functional groups attached to an aromatic ring is 1. The second kappa shape index (κ2) is 3.56. The zero-order valence-electron chi connectivity index (χ0n) is 8.88. The Balaban J connectivity index is 2.41. The number of aromatic nitrogens is 2. The van der Waals surface area contributed by atoms with Crippen LogP contribution in [-0.4, -0.2) is 9.97 Å². The quantitative estimate of drug-likeness (QED) is 0.778. The van der Waals surface area contributed by atoms with E-state index in [0.717, 1.165) is 25.1 Å². The lowest BCUT2D eigenvalue weighted by atomic mass is 10.1. The highest BCUT2D eigenvalue weighted by atomic mass is 15.0. The summed E-state index contributed by atoms with van der Waals surface area (Å²) in [6.45, 7) is 4.30. The van der Waals surface area contributed by atoms with Crippen molar-refractivity contribution >= 4 is 5.82 Å². The Bertz CT molecular complexity index is 347. The van der Waals surface area contributed by atoms with Gasteiger partial charge in [-0.3, -0.25) is 0 Å². The van der Waals surface area contributed by atoms with Crippen molar-refractivity contribution in [2.75, 3.05) is 5.73 Å². The van der Waals surface area contributed by atoms with E-state index in [2.05, 4.69) is 23.8 Å². The van der Waals surface area contributed by atoms with Gasteiger partial charge in [0.15, 0.2) is 0 Å². The molecule has 1 aromatic rings. The van der Waals surface area contributed by atoms with Crippen LogP contribution in [0.15, 0.2) is 0 Å². The van der Waals surface area contributed by atoms with Gasteiger partial charge in [-0.2, -0.15) is 0 Å². The average molecular weight is 191 g/mol. The highest BCUT2D eigenvalue weighted by Crippen LogP contribution is 2.26. The molecule has 0 aromatic carbocycles. The lowest BCUT2D eigenvalue weighted by Gasteiger charge is -2.10. The second-order valence-electron chi connectivity index (χ2n) is 4.06. The summed E-state index contributed by atoms with van der Waals surface area (Å²) in [5.41, 5.74) is 8.29. The molecule has 1 heterocycles. The summed E-state index contributed by atoms with van der Waals surface area (Å²) in [4.78, 5) is 8.98. The molecule has 0 saturated carbocycles. The van der Waals surface area contributed by atoms with Crippen LogP contribution in [0, 0.1) is 0 Å². The number of nitrogens with zero attached hydrogens (tertiary/aromatic N) is 2. The van der Waals surface area contributed by atoms with Crippen LogP contribution in [0.4, 0.5) is 5.82 Å². The van der Waals surface area contributed by atoms with Gasteiger partial charge in [-0.25, -0.2) is 9.97 Å². The van der Waals surface area contributed by atoms with E-state index >= 15 is 0 Å². The normalized spacial score (nSPS) is 16.7. The summed E-state index contributed by atoms with van der Waals surface area (Å²) in [6.07, 6.45) is 4.38. The van der Waals surface area contributed by atoms with Gasteiger partial charge in [0.1, 0.15) is 11.6 Å². The van der Waals surface area contributed by atoms with Crippen LogP contribution >= 0.6 is 0 Å². The van der Waals surface area contributed by atoms with Crippen molar-refractivity contribution in [1.82, 2.24) is 9.97 Å². The molecule has 0 spiro atoms. The zero-order chi connectivity index (χ0) is 10.1. The van der Waals surface area contributed by atoms with Crippen molar-refractivity contribution in [3.8, 4) is 0 Å². The fourth-order valence-electron chi connectivity index (χ4n) is 1.88. The Morgan fingerprint density at radius 1 is 1.36 bits per heavy atom. The van der Waals surface area contributed by atoms with Crippen LogP contribution < -0.4 is 5.73 Å². The van der Waals surface area contributed by atoms with E-state index in [1.165, 1.54) is 17.7 Å². The minimum absolute atomic E-state index is 0.420. The van der Waals surface area contributed by atoms with Crippen LogP contribution in [0.25, 0.3) is 0 Å². The number of hydrogen-bond donors (Lipinski definition) is 1. The standard InChI is InChI=1S/C11H17N3/c1-3-7(2)11-13-9-6-4-5-8(9)10(12)14-11/h7H,3-6H2,1-2H3,(H2,12,13,14). The molecule has 2 N–H and O–H groups in total. The first-order chi connectivity index (χ1) is 6.72. The van der Waals surface area contributed by atoms with E-state index in [4.69, 9.17) is 5.73 Å². The topological polar surface area (TPSA) is 51.8 Å². The maximum Gasteiger partial charge on any atom is 0.133 e. The first-order valence-electron chi connectivity index (χ1n) is 5.37. The molecule has 0 aliphatic heterocycles. The lowest BCUT2D eigenvalue weighted by molar-refractivity contribution is 0.673. The molecule has 1 atom stereocenters. The van der Waals surface area contributed by atoms with Crippen molar-refractivity contribution in [2.45, 2.75) is 45.4 Å². The fourth-order valence-corrected chi connectivity index (χ4v) is 1.88. The lowest BCUT2D eigenvalue weighted by Crippen LogP contribution is -2.07. The third kappa shape index (κ3) is 1.47. The van der Waals surface area contributed by atoms with E-state index in [-0.39, 0.29) is 0 Å². The summed E-state index contributed by atoms with van der Waals surface area (Å²) < 4.78 is 0. The number of anilines is 1. The summed E-state index contributed by atoms with van der Waals surface area (Å²) >= 11 is 0. The van der Waals surface area contributed by atoms with Crippen molar-refractivity contribution in [2.24, 2.45) is 0 Å². The Labute approximate surface area is 84.8 Å². The van der Waals surface area contributed by atoms with Gasteiger partial charge in [0.2, 0.25) is 0 Å². The predicted octanol–water partition coefficient (Wildman–Crippen LogP) is 2.06. The summed E-state index contributed by atoms with van der Waals surface area (Å²) in [5.74, 6) is 2.05. The SMILES string of the molecule is CCC(C)c1nc(N)c2c(n1)CCC2. The molecule has 3 heteroatoms. The van der Waals surface area contributed by atoms with Crippen LogP contribution in [0.5, 0.6) is 0 Å². The Hall–Kier alpha value is -1.12. The number of nitrogens with two attached hydrogens (primary N) is 1. The molecule has 14 heavy (non-hydrogen) atoms. The molecule has 1 aliphatic carbocycles. The molecule has 1 aromatic heterocycles. The Kier molecular flexibility index (Phi) is 2.40. The van der Waals surface area contributed by atoms with Crippen LogP contribution in [-0.2, 0) is 12.8 Å². The van der Waals surface area contributed by atoms with Gasteiger partial charge in [0, 0.05) is 17.2 Å². The molecule has 1 aliphatic rings. The number of fused-ring (bicyclic) bond motifs is 1. The highest BCUT2D eigenvalue weighted by molar-refractivity contribution is 5.44. The maximum atomic E-state index is 5.91. The minimum Gasteiger partial charge on any atom is -0.383 e. The zero-order valence-corrected chi connectivity index (χ0v) is 8.88. The van der Waals surface area contributed by atoms with Gasteiger partial charge in [-0.1, -0.05) is 13.8 Å². The summed E-state index contributed by atoms with van der Waals surface area (Å²) in [7, 11) is 0. The van der Waals surface area contributed by atoms with Gasteiger partial charge < -0.3 is 5.73 Å². The summed E-state index contributed by atoms with van der Waals surface area (Å²) in [6, 6.07) is 0. The smallest absolute Gasteiger partial charge is 0.133 e. The molecule has 0 radical (unpaired) electrons. The first-order valence-corrected chi connectivity index (χ1v) is 5.37. The van der Waals surface area contributed by atoms with E-state index in [1.54, 1.807) is 0 Å². The van der Waals surface area contributed by atoms with E-state index < -0.39 is 0 Å². The molecule has 0 amide bonds. The van der Waals surface area contributed by atoms with Crippen molar-refractivity contribution < 1.29 is 0 Å². The molecule has 2 rings (SSSR count). The predicted molar refractivity (Wildman–Crippen MR) is 57.2 cm³/mol. The monoisotopic (exact) mass is 191 g/mol. The van der Waals surface area contributed by atoms with E-state index in [1.807, 2.05) is 0 Å². The molecule has 0 fully saturated rings.